The van der Waals surface area contributed by atoms with Crippen molar-refractivity contribution in [1.29, 1.82) is 0 Å². The van der Waals surface area contributed by atoms with Crippen LogP contribution < -0.4 is 5.32 Å². The van der Waals surface area contributed by atoms with Crippen LogP contribution in [0.1, 0.15) is 17.3 Å². The lowest BCUT2D eigenvalue weighted by Crippen LogP contribution is -2.12. The van der Waals surface area contributed by atoms with Crippen LogP contribution in [0.15, 0.2) is 68.5 Å². The number of allylic oxidation sites excluding steroid dienone is 2. The van der Waals surface area contributed by atoms with Gasteiger partial charge in [0.05, 0.1) is 10.6 Å². The van der Waals surface area contributed by atoms with E-state index >= 15 is 0 Å². The van der Waals surface area contributed by atoms with Crippen LogP contribution in [0.3, 0.4) is 0 Å². The molecule has 0 saturated heterocycles. The second-order valence-electron chi connectivity index (χ2n) is 4.52. The summed E-state index contributed by atoms with van der Waals surface area (Å²) in [6, 6.07) is 15.4. The van der Waals surface area contributed by atoms with E-state index in [2.05, 4.69) is 21.2 Å². The number of carbonyl (C=O) groups is 1. The number of hydrogen-bond donors (Lipinski definition) is 1. The predicted octanol–water partition coefficient (Wildman–Crippen LogP) is 5.08. The van der Waals surface area contributed by atoms with Gasteiger partial charge in [-0.05, 0) is 25.1 Å². The predicted molar refractivity (Wildman–Crippen MR) is 87.1 cm³/mol. The molecule has 3 rings (SSSR count). The molecule has 0 radical (unpaired) electrons. The maximum atomic E-state index is 12.6. The summed E-state index contributed by atoms with van der Waals surface area (Å²) in [6.07, 6.45) is 0. The zero-order valence-electron chi connectivity index (χ0n) is 10.8. The van der Waals surface area contributed by atoms with Gasteiger partial charge in [0.1, 0.15) is 0 Å². The molecule has 1 N–H and O–H groups in total. The van der Waals surface area contributed by atoms with Crippen LogP contribution in [0.4, 0.5) is 5.69 Å². The summed E-state index contributed by atoms with van der Waals surface area (Å²) in [5, 5.41) is 3.31. The number of halogens is 1. The molecular formula is C16H12BrNOS. The summed E-state index contributed by atoms with van der Waals surface area (Å²) in [5.74, 6) is 0.0640. The van der Waals surface area contributed by atoms with Crippen LogP contribution in [-0.4, -0.2) is 5.78 Å². The van der Waals surface area contributed by atoms with Gasteiger partial charge in [0, 0.05) is 20.6 Å². The molecule has 1 aliphatic rings. The number of thioether (sulfide) groups is 1. The van der Waals surface area contributed by atoms with Gasteiger partial charge in [0.2, 0.25) is 5.78 Å². The fourth-order valence-electron chi connectivity index (χ4n) is 2.07. The van der Waals surface area contributed by atoms with Crippen molar-refractivity contribution in [3.05, 3.63) is 69.2 Å². The van der Waals surface area contributed by atoms with Gasteiger partial charge in [0.15, 0.2) is 0 Å². The number of hydrogen-bond acceptors (Lipinski definition) is 3. The highest BCUT2D eigenvalue weighted by Crippen LogP contribution is 2.41. The largest absolute Gasteiger partial charge is 0.357 e. The summed E-state index contributed by atoms with van der Waals surface area (Å²) < 4.78 is 1.02. The highest BCUT2D eigenvalue weighted by Gasteiger charge is 2.22. The average Bonchev–Trinajstić information content (AvgIpc) is 2.46. The Bertz CT molecular complexity index is 710. The Morgan fingerprint density at radius 2 is 1.90 bits per heavy atom. The van der Waals surface area contributed by atoms with E-state index in [-0.39, 0.29) is 5.78 Å². The molecule has 0 saturated carbocycles. The Hall–Kier alpha value is -1.52. The molecule has 1 heterocycles. The van der Waals surface area contributed by atoms with Crippen LogP contribution in [0.25, 0.3) is 0 Å². The molecule has 0 spiro atoms. The number of rotatable bonds is 2. The number of nitrogens with one attached hydrogen (secondary N) is 1. The lowest BCUT2D eigenvalue weighted by Gasteiger charge is -2.21. The highest BCUT2D eigenvalue weighted by atomic mass is 79.9. The quantitative estimate of drug-likeness (QED) is 0.769. The van der Waals surface area contributed by atoms with Gasteiger partial charge in [0.25, 0.3) is 0 Å². The molecule has 0 unspecified atom stereocenters. The van der Waals surface area contributed by atoms with Crippen molar-refractivity contribution < 1.29 is 4.79 Å². The van der Waals surface area contributed by atoms with Crippen LogP contribution in [0.2, 0.25) is 0 Å². The maximum absolute atomic E-state index is 12.6. The number of ketones is 1. The van der Waals surface area contributed by atoms with Crippen LogP contribution in [0.5, 0.6) is 0 Å². The van der Waals surface area contributed by atoms with Crippen molar-refractivity contribution >= 4 is 39.2 Å². The van der Waals surface area contributed by atoms with Crippen molar-refractivity contribution in [3.63, 3.8) is 0 Å². The van der Waals surface area contributed by atoms with E-state index in [0.29, 0.717) is 0 Å². The summed E-state index contributed by atoms with van der Waals surface area (Å²) in [5.41, 5.74) is 2.65. The Morgan fingerprint density at radius 1 is 1.15 bits per heavy atom. The third-order valence-electron chi connectivity index (χ3n) is 3.06. The van der Waals surface area contributed by atoms with Crippen LogP contribution >= 0.6 is 27.7 Å². The molecule has 0 aromatic heterocycles. The first kappa shape index (κ1) is 13.5. The van der Waals surface area contributed by atoms with Gasteiger partial charge in [-0.3, -0.25) is 4.79 Å². The van der Waals surface area contributed by atoms with Gasteiger partial charge < -0.3 is 5.32 Å². The first-order valence-corrected chi connectivity index (χ1v) is 7.81. The van der Waals surface area contributed by atoms with E-state index in [4.69, 9.17) is 0 Å². The summed E-state index contributed by atoms with van der Waals surface area (Å²) in [4.78, 5) is 14.4. The zero-order valence-corrected chi connectivity index (χ0v) is 13.2. The number of carbonyl (C=O) groups excluding carboxylic acids is 1. The molecule has 20 heavy (non-hydrogen) atoms. The second-order valence-corrected chi connectivity index (χ2v) is 6.48. The molecule has 2 aromatic rings. The third kappa shape index (κ3) is 2.53. The van der Waals surface area contributed by atoms with E-state index in [1.807, 2.05) is 55.5 Å². The van der Waals surface area contributed by atoms with E-state index in [1.165, 1.54) is 11.8 Å². The minimum atomic E-state index is 0.0640. The van der Waals surface area contributed by atoms with Gasteiger partial charge in [-0.1, -0.05) is 58.0 Å². The van der Waals surface area contributed by atoms with Crippen molar-refractivity contribution in [2.45, 2.75) is 11.8 Å². The van der Waals surface area contributed by atoms with Crippen molar-refractivity contribution in [1.82, 2.24) is 0 Å². The monoisotopic (exact) mass is 345 g/mol. The number of benzene rings is 2. The minimum Gasteiger partial charge on any atom is -0.357 e. The molecule has 0 fully saturated rings. The smallest absolute Gasteiger partial charge is 0.201 e. The van der Waals surface area contributed by atoms with Gasteiger partial charge in [-0.25, -0.2) is 0 Å². The van der Waals surface area contributed by atoms with Crippen LogP contribution in [-0.2, 0) is 0 Å². The summed E-state index contributed by atoms with van der Waals surface area (Å²) in [6.45, 7) is 1.94. The Morgan fingerprint density at radius 3 is 2.65 bits per heavy atom. The van der Waals surface area contributed by atoms with Gasteiger partial charge in [-0.2, -0.15) is 0 Å². The second kappa shape index (κ2) is 5.46. The van der Waals surface area contributed by atoms with E-state index in [0.717, 1.165) is 31.2 Å². The standard InChI is InChI=1S/C16H12BrNOS/c1-10-16(15(19)11-5-3-2-4-6-11)20-14-8-7-12(17)9-13(14)18-10/h2-9,18H,1H3. The van der Waals surface area contributed by atoms with Crippen molar-refractivity contribution in [3.8, 4) is 0 Å². The third-order valence-corrected chi connectivity index (χ3v) is 4.82. The van der Waals surface area contributed by atoms with Gasteiger partial charge in [-0.15, -0.1) is 0 Å². The molecule has 4 heteroatoms. The average molecular weight is 346 g/mol. The number of Topliss-reactive ketones (excluding diaryl/α,β-unsaturated/α-hetero) is 1. The maximum Gasteiger partial charge on any atom is 0.201 e. The fourth-order valence-corrected chi connectivity index (χ4v) is 3.42. The number of anilines is 1. The van der Waals surface area contributed by atoms with E-state index in [1.54, 1.807) is 0 Å². The molecule has 2 nitrogen and oxygen atoms in total. The van der Waals surface area contributed by atoms with Gasteiger partial charge >= 0.3 is 0 Å². The molecule has 0 aliphatic carbocycles. The lowest BCUT2D eigenvalue weighted by molar-refractivity contribution is 0.104. The summed E-state index contributed by atoms with van der Waals surface area (Å²) >= 11 is 4.98. The van der Waals surface area contributed by atoms with Crippen molar-refractivity contribution in [2.75, 3.05) is 5.32 Å². The molecule has 0 atom stereocenters. The Balaban J connectivity index is 1.96. The van der Waals surface area contributed by atoms with Crippen molar-refractivity contribution in [2.24, 2.45) is 0 Å². The first-order chi connectivity index (χ1) is 9.65. The van der Waals surface area contributed by atoms with Crippen LogP contribution in [0, 0.1) is 0 Å². The lowest BCUT2D eigenvalue weighted by atomic mass is 10.1. The molecule has 0 amide bonds. The fraction of sp³-hybridized carbons (Fsp3) is 0.0625. The first-order valence-electron chi connectivity index (χ1n) is 6.20. The van der Waals surface area contributed by atoms with E-state index < -0.39 is 0 Å². The summed E-state index contributed by atoms with van der Waals surface area (Å²) in [7, 11) is 0. The highest BCUT2D eigenvalue weighted by molar-refractivity contribution is 9.10. The topological polar surface area (TPSA) is 29.1 Å². The van der Waals surface area contributed by atoms with E-state index in [9.17, 15) is 4.79 Å². The SMILES string of the molecule is CC1=C(C(=O)c2ccccc2)Sc2ccc(Br)cc2N1. The zero-order chi connectivity index (χ0) is 14.1. The number of fused-ring (bicyclic) bond motifs is 1. The molecular weight excluding hydrogens is 334 g/mol. The Labute approximate surface area is 130 Å². The molecule has 1 aliphatic heterocycles. The normalized spacial score (nSPS) is 13.7. The minimum absolute atomic E-state index is 0.0640. The molecule has 0 bridgehead atoms. The molecule has 2 aromatic carbocycles. The Kier molecular flexibility index (Phi) is 3.68. The molecule has 100 valence electrons.